The number of ether oxygens (including phenoxy) is 1. The molecule has 0 radical (unpaired) electrons. The van der Waals surface area contributed by atoms with Gasteiger partial charge >= 0.3 is 6.09 Å². The number of benzene rings is 2. The van der Waals surface area contributed by atoms with E-state index in [4.69, 9.17) is 15.9 Å². The molecule has 174 valence electrons. The number of aromatic nitrogens is 1. The van der Waals surface area contributed by atoms with Gasteiger partial charge in [-0.3, -0.25) is 10.7 Å². The van der Waals surface area contributed by atoms with Crippen LogP contribution in [-0.4, -0.2) is 55.9 Å². The van der Waals surface area contributed by atoms with Crippen LogP contribution >= 0.6 is 11.3 Å². The van der Waals surface area contributed by atoms with Gasteiger partial charge in [-0.15, -0.1) is 11.3 Å². The molecule has 0 saturated carbocycles. The lowest BCUT2D eigenvalue weighted by Crippen LogP contribution is -2.49. The third kappa shape index (κ3) is 4.89. The predicted octanol–water partition coefficient (Wildman–Crippen LogP) is 2.07. The van der Waals surface area contributed by atoms with Gasteiger partial charge in [-0.2, -0.15) is 4.31 Å². The number of rotatable bonds is 5. The van der Waals surface area contributed by atoms with Crippen LogP contribution in [0.2, 0.25) is 0 Å². The lowest BCUT2D eigenvalue weighted by Gasteiger charge is -2.35. The van der Waals surface area contributed by atoms with Crippen molar-refractivity contribution >= 4 is 49.3 Å². The zero-order chi connectivity index (χ0) is 23.6. The number of thiazole rings is 1. The number of guanidine groups is 1. The van der Waals surface area contributed by atoms with Crippen LogP contribution in [0.15, 0.2) is 46.8 Å². The summed E-state index contributed by atoms with van der Waals surface area (Å²) >= 11 is 1.38. The molecular weight excluding hydrogens is 471 g/mol. The molecule has 1 fully saturated rings. The molecule has 0 bridgehead atoms. The number of nitrogens with two attached hydrogens (primary N) is 1. The first-order chi connectivity index (χ1) is 15.8. The maximum Gasteiger partial charge on any atom is 0.414 e. The molecule has 10 nitrogen and oxygen atoms in total. The van der Waals surface area contributed by atoms with E-state index in [0.717, 1.165) is 10.2 Å². The number of nitrogens with one attached hydrogen (secondary N) is 2. The number of fused-ring (bicyclic) bond motifs is 1. The highest BCUT2D eigenvalue weighted by atomic mass is 32.2. The Morgan fingerprint density at radius 1 is 1.24 bits per heavy atom. The van der Waals surface area contributed by atoms with Crippen LogP contribution < -0.4 is 16.0 Å². The highest BCUT2D eigenvalue weighted by Crippen LogP contribution is 2.27. The molecule has 3 aromatic rings. The number of piperazine rings is 1. The first kappa shape index (κ1) is 22.9. The van der Waals surface area contributed by atoms with E-state index in [9.17, 15) is 13.2 Å². The number of carbonyl (C=O) groups is 1. The van der Waals surface area contributed by atoms with E-state index in [1.165, 1.54) is 21.7 Å². The fourth-order valence-electron chi connectivity index (χ4n) is 3.53. The molecule has 2 heterocycles. The third-order valence-corrected chi connectivity index (χ3v) is 7.86. The first-order valence-electron chi connectivity index (χ1n) is 9.89. The van der Waals surface area contributed by atoms with Crippen molar-refractivity contribution in [1.29, 1.82) is 5.41 Å². The molecule has 0 spiro atoms. The van der Waals surface area contributed by atoms with Crippen LogP contribution in [-0.2, 0) is 21.4 Å². The Balaban J connectivity index is 1.43. The summed E-state index contributed by atoms with van der Waals surface area (Å²) in [6, 6.07) is 9.57. The topological polar surface area (TPSA) is 142 Å². The van der Waals surface area contributed by atoms with Crippen molar-refractivity contribution in [3.05, 3.63) is 53.3 Å². The van der Waals surface area contributed by atoms with Crippen LogP contribution in [0.25, 0.3) is 10.2 Å². The number of carbonyl (C=O) groups excluding carboxylic acids is 1. The van der Waals surface area contributed by atoms with Gasteiger partial charge in [-0.1, -0.05) is 12.1 Å². The van der Waals surface area contributed by atoms with Crippen molar-refractivity contribution in [2.24, 2.45) is 5.73 Å². The van der Waals surface area contributed by atoms with E-state index in [2.05, 4.69) is 4.98 Å². The van der Waals surface area contributed by atoms with Gasteiger partial charge in [0.25, 0.3) is 0 Å². The molecule has 4 rings (SSSR count). The summed E-state index contributed by atoms with van der Waals surface area (Å²) in [5.41, 5.74) is 7.92. The SMILES string of the molecule is N=C(N)NC(=O)OCc1cccc(N2CCN(S(=O)(=O)c3ccc4ncsc4c3)CC2)c1F. The van der Waals surface area contributed by atoms with Gasteiger partial charge in [0, 0.05) is 31.7 Å². The number of sulfonamides is 1. The summed E-state index contributed by atoms with van der Waals surface area (Å²) in [6.45, 7) is 0.657. The monoisotopic (exact) mass is 492 g/mol. The third-order valence-electron chi connectivity index (χ3n) is 5.17. The predicted molar refractivity (Wildman–Crippen MR) is 122 cm³/mol. The molecule has 0 aliphatic carbocycles. The fraction of sp³-hybridized carbons (Fsp3) is 0.250. The van der Waals surface area contributed by atoms with Gasteiger partial charge in [0.05, 0.1) is 26.3 Å². The second-order valence-corrected chi connectivity index (χ2v) is 10.1. The molecular formula is C20H21FN6O4S2. The average Bonchev–Trinajstić information content (AvgIpc) is 3.26. The summed E-state index contributed by atoms with van der Waals surface area (Å²) in [7, 11) is -3.68. The van der Waals surface area contributed by atoms with E-state index in [-0.39, 0.29) is 30.2 Å². The molecule has 1 amide bonds. The molecule has 1 aliphatic rings. The number of halogens is 1. The highest BCUT2D eigenvalue weighted by Gasteiger charge is 2.30. The largest absolute Gasteiger partial charge is 0.444 e. The van der Waals surface area contributed by atoms with Crippen LogP contribution in [0.3, 0.4) is 0 Å². The van der Waals surface area contributed by atoms with Gasteiger partial charge < -0.3 is 15.4 Å². The molecule has 33 heavy (non-hydrogen) atoms. The van der Waals surface area contributed by atoms with Gasteiger partial charge in [-0.25, -0.2) is 22.6 Å². The van der Waals surface area contributed by atoms with Gasteiger partial charge in [0.1, 0.15) is 6.61 Å². The van der Waals surface area contributed by atoms with Crippen LogP contribution in [0.5, 0.6) is 0 Å². The standard InChI is InChI=1S/C20H21FN6O4S2/c21-18-13(11-31-20(28)25-19(22)23)2-1-3-16(18)26-6-8-27(9-7-26)33(29,30)14-4-5-15-17(10-14)32-12-24-15/h1-5,10,12H,6-9,11H2,(H4,22,23,25,28). The van der Waals surface area contributed by atoms with E-state index < -0.39 is 27.9 Å². The quantitative estimate of drug-likeness (QED) is 0.366. The zero-order valence-electron chi connectivity index (χ0n) is 17.3. The Hall–Kier alpha value is -3.29. The Labute approximate surface area is 193 Å². The normalized spacial score (nSPS) is 14.9. The van der Waals surface area contributed by atoms with Crippen molar-refractivity contribution < 1.29 is 22.3 Å². The molecule has 1 saturated heterocycles. The van der Waals surface area contributed by atoms with Crippen molar-refractivity contribution in [3.8, 4) is 0 Å². The molecule has 2 aromatic carbocycles. The average molecular weight is 493 g/mol. The van der Waals surface area contributed by atoms with Crippen molar-refractivity contribution in [3.63, 3.8) is 0 Å². The second-order valence-electron chi connectivity index (χ2n) is 7.24. The van der Waals surface area contributed by atoms with E-state index >= 15 is 4.39 Å². The molecule has 1 aliphatic heterocycles. The molecule has 1 aromatic heterocycles. The van der Waals surface area contributed by atoms with Crippen LogP contribution in [0.1, 0.15) is 5.56 Å². The summed E-state index contributed by atoms with van der Waals surface area (Å²) in [4.78, 5) is 17.6. The summed E-state index contributed by atoms with van der Waals surface area (Å²) in [5.74, 6) is -1.13. The van der Waals surface area contributed by atoms with E-state index in [0.29, 0.717) is 18.8 Å². The zero-order valence-corrected chi connectivity index (χ0v) is 19.0. The van der Waals surface area contributed by atoms with E-state index in [1.807, 2.05) is 5.32 Å². The van der Waals surface area contributed by atoms with Gasteiger partial charge in [-0.05, 0) is 24.3 Å². The number of hydrogen-bond donors (Lipinski definition) is 3. The lowest BCUT2D eigenvalue weighted by molar-refractivity contribution is 0.143. The molecule has 4 N–H and O–H groups in total. The fourth-order valence-corrected chi connectivity index (χ4v) is 5.77. The molecule has 13 heteroatoms. The van der Waals surface area contributed by atoms with Gasteiger partial charge in [0.2, 0.25) is 10.0 Å². The van der Waals surface area contributed by atoms with E-state index in [1.54, 1.807) is 40.7 Å². The number of amides is 1. The summed E-state index contributed by atoms with van der Waals surface area (Å²) in [6.07, 6.45) is -0.956. The molecule has 0 atom stereocenters. The number of hydrogen-bond acceptors (Lipinski definition) is 8. The number of alkyl carbamates (subject to hydrolysis) is 1. The maximum atomic E-state index is 15.0. The smallest absolute Gasteiger partial charge is 0.414 e. The van der Waals surface area contributed by atoms with Crippen molar-refractivity contribution in [1.82, 2.24) is 14.6 Å². The minimum Gasteiger partial charge on any atom is -0.444 e. The Morgan fingerprint density at radius 3 is 2.73 bits per heavy atom. The Kier molecular flexibility index (Phi) is 6.44. The number of anilines is 1. The Morgan fingerprint density at radius 2 is 2.00 bits per heavy atom. The van der Waals surface area contributed by atoms with Gasteiger partial charge in [0.15, 0.2) is 11.8 Å². The Bertz CT molecular complexity index is 1300. The minimum atomic E-state index is -3.68. The minimum absolute atomic E-state index is 0.152. The lowest BCUT2D eigenvalue weighted by atomic mass is 10.1. The second kappa shape index (κ2) is 9.29. The van der Waals surface area contributed by atoms with Crippen molar-refractivity contribution in [2.75, 3.05) is 31.1 Å². The summed E-state index contributed by atoms with van der Waals surface area (Å²) in [5, 5.41) is 8.95. The van der Waals surface area contributed by atoms with Crippen LogP contribution in [0, 0.1) is 11.2 Å². The number of nitrogens with zero attached hydrogens (tertiary/aromatic N) is 3. The molecule has 0 unspecified atom stereocenters. The van der Waals surface area contributed by atoms with Crippen molar-refractivity contribution in [2.45, 2.75) is 11.5 Å². The highest BCUT2D eigenvalue weighted by molar-refractivity contribution is 7.89. The van der Waals surface area contributed by atoms with Crippen LogP contribution in [0.4, 0.5) is 14.9 Å². The summed E-state index contributed by atoms with van der Waals surface area (Å²) < 4.78 is 48.3. The first-order valence-corrected chi connectivity index (χ1v) is 12.2. The maximum absolute atomic E-state index is 15.0.